The van der Waals surface area contributed by atoms with Crippen LogP contribution in [0.25, 0.3) is 0 Å². The first-order valence-electron chi connectivity index (χ1n) is 3.72. The Morgan fingerprint density at radius 2 is 2.27 bits per heavy atom. The third kappa shape index (κ3) is 2.66. The SMILES string of the molecule is CC(=O)O[C@@H]1CC[P@](C)(=O)C1. The van der Waals surface area contributed by atoms with Crippen LogP contribution in [0.5, 0.6) is 0 Å². The van der Waals surface area contributed by atoms with Crippen molar-refractivity contribution < 1.29 is 14.1 Å². The Hall–Kier alpha value is -0.300. The van der Waals surface area contributed by atoms with Crippen molar-refractivity contribution in [3.8, 4) is 0 Å². The summed E-state index contributed by atoms with van der Waals surface area (Å²) in [6.45, 7) is 3.16. The number of rotatable bonds is 1. The number of carbonyl (C=O) groups is 1. The highest BCUT2D eigenvalue weighted by molar-refractivity contribution is 7.63. The predicted octanol–water partition coefficient (Wildman–Crippen LogP) is 1.31. The van der Waals surface area contributed by atoms with Gasteiger partial charge in [0.15, 0.2) is 0 Å². The maximum absolute atomic E-state index is 11.4. The van der Waals surface area contributed by atoms with Crippen LogP contribution < -0.4 is 0 Å². The van der Waals surface area contributed by atoms with E-state index >= 15 is 0 Å². The minimum atomic E-state index is -1.93. The molecule has 64 valence electrons. The summed E-state index contributed by atoms with van der Waals surface area (Å²) >= 11 is 0. The fourth-order valence-corrected chi connectivity index (χ4v) is 3.50. The van der Waals surface area contributed by atoms with Crippen LogP contribution in [-0.4, -0.2) is 31.1 Å². The van der Waals surface area contributed by atoms with Gasteiger partial charge in [0.1, 0.15) is 6.10 Å². The highest BCUT2D eigenvalue weighted by atomic mass is 31.2. The van der Waals surface area contributed by atoms with E-state index in [9.17, 15) is 9.36 Å². The zero-order chi connectivity index (χ0) is 8.48. The second-order valence-corrected chi connectivity index (χ2v) is 6.63. The lowest BCUT2D eigenvalue weighted by atomic mass is 10.3. The molecule has 0 spiro atoms. The molecule has 1 saturated heterocycles. The first kappa shape index (κ1) is 8.79. The highest BCUT2D eigenvalue weighted by Crippen LogP contribution is 2.48. The average Bonchev–Trinajstić information content (AvgIpc) is 2.08. The lowest BCUT2D eigenvalue weighted by Crippen LogP contribution is -2.14. The third-order valence-corrected chi connectivity index (χ3v) is 4.23. The summed E-state index contributed by atoms with van der Waals surface area (Å²) in [4.78, 5) is 10.5. The quantitative estimate of drug-likeness (QED) is 0.447. The van der Waals surface area contributed by atoms with E-state index in [1.54, 1.807) is 6.66 Å². The molecule has 0 radical (unpaired) electrons. The van der Waals surface area contributed by atoms with Crippen LogP contribution >= 0.6 is 7.14 Å². The van der Waals surface area contributed by atoms with Crippen LogP contribution in [0.15, 0.2) is 0 Å². The van der Waals surface area contributed by atoms with Gasteiger partial charge in [-0.2, -0.15) is 0 Å². The predicted molar refractivity (Wildman–Crippen MR) is 43.4 cm³/mol. The van der Waals surface area contributed by atoms with Crippen molar-refractivity contribution in [3.63, 3.8) is 0 Å². The molecule has 0 aliphatic carbocycles. The summed E-state index contributed by atoms with van der Waals surface area (Å²) in [6.07, 6.45) is 1.99. The molecule has 11 heavy (non-hydrogen) atoms. The average molecular weight is 176 g/mol. The molecule has 3 nitrogen and oxygen atoms in total. The van der Waals surface area contributed by atoms with E-state index < -0.39 is 7.14 Å². The molecule has 1 aliphatic heterocycles. The maximum Gasteiger partial charge on any atom is 0.302 e. The summed E-state index contributed by atoms with van der Waals surface area (Å²) in [5, 5.41) is 0. The lowest BCUT2D eigenvalue weighted by molar-refractivity contribution is -0.145. The van der Waals surface area contributed by atoms with Gasteiger partial charge in [0.2, 0.25) is 0 Å². The molecule has 0 aromatic heterocycles. The van der Waals surface area contributed by atoms with Crippen LogP contribution in [0, 0.1) is 0 Å². The molecule has 1 fully saturated rings. The first-order valence-corrected chi connectivity index (χ1v) is 6.25. The topological polar surface area (TPSA) is 43.4 Å². The minimum Gasteiger partial charge on any atom is -0.462 e. The molecule has 1 heterocycles. The number of hydrogen-bond donors (Lipinski definition) is 0. The van der Waals surface area contributed by atoms with Crippen LogP contribution in [0.1, 0.15) is 13.3 Å². The second kappa shape index (κ2) is 2.98. The molecule has 0 aromatic rings. The van der Waals surface area contributed by atoms with Crippen molar-refractivity contribution in [2.24, 2.45) is 0 Å². The Kier molecular flexibility index (Phi) is 2.38. The van der Waals surface area contributed by atoms with Crippen LogP contribution in [0.2, 0.25) is 0 Å². The molecule has 0 saturated carbocycles. The molecule has 2 atom stereocenters. The van der Waals surface area contributed by atoms with Gasteiger partial charge in [0.05, 0.1) is 7.14 Å². The molecular weight excluding hydrogens is 163 g/mol. The highest BCUT2D eigenvalue weighted by Gasteiger charge is 2.31. The molecule has 0 amide bonds. The molecule has 0 bridgehead atoms. The molecule has 4 heteroatoms. The summed E-state index contributed by atoms with van der Waals surface area (Å²) < 4.78 is 16.4. The van der Waals surface area contributed by atoms with Gasteiger partial charge in [-0.05, 0) is 13.1 Å². The van der Waals surface area contributed by atoms with Gasteiger partial charge >= 0.3 is 5.97 Å². The van der Waals surface area contributed by atoms with Crippen molar-refractivity contribution in [2.75, 3.05) is 19.0 Å². The smallest absolute Gasteiger partial charge is 0.302 e. The van der Waals surface area contributed by atoms with E-state index in [1.165, 1.54) is 6.92 Å². The van der Waals surface area contributed by atoms with Crippen LogP contribution in [0.3, 0.4) is 0 Å². The maximum atomic E-state index is 11.4. The Bertz CT molecular complexity index is 212. The number of hydrogen-bond acceptors (Lipinski definition) is 3. The molecule has 0 unspecified atom stereocenters. The van der Waals surface area contributed by atoms with Crippen molar-refractivity contribution in [3.05, 3.63) is 0 Å². The normalized spacial score (nSPS) is 37.1. The van der Waals surface area contributed by atoms with Gasteiger partial charge in [-0.1, -0.05) is 0 Å². The van der Waals surface area contributed by atoms with Gasteiger partial charge in [-0.25, -0.2) is 0 Å². The van der Waals surface area contributed by atoms with Crippen molar-refractivity contribution in [2.45, 2.75) is 19.4 Å². The molecular formula is C7H13O3P. The van der Waals surface area contributed by atoms with Crippen molar-refractivity contribution in [1.82, 2.24) is 0 Å². The zero-order valence-electron chi connectivity index (χ0n) is 6.87. The lowest BCUT2D eigenvalue weighted by Gasteiger charge is -2.08. The minimum absolute atomic E-state index is 0.0802. The third-order valence-electron chi connectivity index (χ3n) is 1.85. The fraction of sp³-hybridized carbons (Fsp3) is 0.857. The van der Waals surface area contributed by atoms with Crippen LogP contribution in [-0.2, 0) is 14.1 Å². The van der Waals surface area contributed by atoms with E-state index in [4.69, 9.17) is 4.74 Å². The van der Waals surface area contributed by atoms with Crippen LogP contribution in [0.4, 0.5) is 0 Å². The fourth-order valence-electron chi connectivity index (χ4n) is 1.36. The van der Waals surface area contributed by atoms with E-state index in [0.717, 1.165) is 12.6 Å². The summed E-state index contributed by atoms with van der Waals surface area (Å²) in [7, 11) is -1.93. The molecule has 1 rings (SSSR count). The molecule has 1 aliphatic rings. The summed E-state index contributed by atoms with van der Waals surface area (Å²) in [5.41, 5.74) is 0. The Labute approximate surface area is 66.5 Å². The molecule has 0 N–H and O–H groups in total. The number of carbonyl (C=O) groups excluding carboxylic acids is 1. The zero-order valence-corrected chi connectivity index (χ0v) is 7.77. The van der Waals surface area contributed by atoms with Gasteiger partial charge in [-0.3, -0.25) is 4.79 Å². The van der Waals surface area contributed by atoms with E-state index in [0.29, 0.717) is 6.16 Å². The monoisotopic (exact) mass is 176 g/mol. The summed E-state index contributed by atoms with van der Waals surface area (Å²) in [6, 6.07) is 0. The van der Waals surface area contributed by atoms with Gasteiger partial charge in [0, 0.05) is 19.2 Å². The molecule has 0 aromatic carbocycles. The largest absolute Gasteiger partial charge is 0.462 e. The van der Waals surface area contributed by atoms with Gasteiger partial charge in [0.25, 0.3) is 0 Å². The first-order chi connectivity index (χ1) is 4.99. The van der Waals surface area contributed by atoms with Gasteiger partial charge in [-0.15, -0.1) is 0 Å². The van der Waals surface area contributed by atoms with E-state index in [1.807, 2.05) is 0 Å². The second-order valence-electron chi connectivity index (χ2n) is 3.22. The van der Waals surface area contributed by atoms with E-state index in [-0.39, 0.29) is 12.1 Å². The van der Waals surface area contributed by atoms with Crippen molar-refractivity contribution >= 4 is 13.1 Å². The van der Waals surface area contributed by atoms with Gasteiger partial charge < -0.3 is 9.30 Å². The standard InChI is InChI=1S/C7H13O3P/c1-6(8)10-7-3-4-11(2,9)5-7/h7H,3-5H2,1-2H3/t7-,11+/m1/s1. The summed E-state index contributed by atoms with van der Waals surface area (Å²) in [5.74, 6) is -0.267. The number of esters is 1. The Balaban J connectivity index is 2.43. The number of ether oxygens (including phenoxy) is 1. The Morgan fingerprint density at radius 3 is 2.64 bits per heavy atom. The van der Waals surface area contributed by atoms with Crippen molar-refractivity contribution in [1.29, 1.82) is 0 Å². The van der Waals surface area contributed by atoms with E-state index in [2.05, 4.69) is 0 Å². The Morgan fingerprint density at radius 1 is 1.64 bits per heavy atom.